The molecule has 37 heavy (non-hydrogen) atoms. The number of carbonyl (C=O) groups excluding carboxylic acids is 1. The Kier molecular flexibility index (Phi) is 6.83. The van der Waals surface area contributed by atoms with Crippen LogP contribution in [-0.4, -0.2) is 53.6 Å². The van der Waals surface area contributed by atoms with Gasteiger partial charge < -0.3 is 5.11 Å². The molecule has 0 bridgehead atoms. The quantitative estimate of drug-likeness (QED) is 0.292. The molecule has 1 saturated heterocycles. The first-order chi connectivity index (χ1) is 17.2. The second kappa shape index (κ2) is 9.48. The Morgan fingerprint density at radius 1 is 1.05 bits per heavy atom. The third-order valence-corrected chi connectivity index (χ3v) is 8.58. The van der Waals surface area contributed by atoms with Gasteiger partial charge in [-0.05, 0) is 54.0 Å². The molecule has 1 fully saturated rings. The van der Waals surface area contributed by atoms with Gasteiger partial charge in [0, 0.05) is 5.39 Å². The first-order valence-corrected chi connectivity index (χ1v) is 15.6. The van der Waals surface area contributed by atoms with Gasteiger partial charge in [0.25, 0.3) is 16.0 Å². The van der Waals surface area contributed by atoms with Crippen LogP contribution in [0.3, 0.4) is 0 Å². The highest BCUT2D eigenvalue weighted by molar-refractivity contribution is 7.92. The van der Waals surface area contributed by atoms with Gasteiger partial charge >= 0.3 is 10.2 Å². The van der Waals surface area contributed by atoms with Crippen molar-refractivity contribution < 1.29 is 39.7 Å². The topological polar surface area (TPSA) is 187 Å². The van der Waals surface area contributed by atoms with E-state index in [0.29, 0.717) is 29.4 Å². The Labute approximate surface area is 213 Å². The van der Waals surface area contributed by atoms with E-state index >= 15 is 0 Å². The molecule has 0 spiro atoms. The molecular formula is C22H23N3O9S3. The van der Waals surface area contributed by atoms with Crippen LogP contribution in [-0.2, 0) is 48.0 Å². The molecule has 15 heteroatoms. The highest BCUT2D eigenvalue weighted by atomic mass is 32.2. The Balaban J connectivity index is 1.63. The monoisotopic (exact) mass is 569 g/mol. The van der Waals surface area contributed by atoms with Crippen LogP contribution in [0.2, 0.25) is 0 Å². The van der Waals surface area contributed by atoms with Crippen LogP contribution in [0.15, 0.2) is 53.4 Å². The smallest absolute Gasteiger partial charge is 0.326 e. The molecule has 1 heterocycles. The lowest BCUT2D eigenvalue weighted by molar-refractivity contribution is -0.117. The zero-order valence-electron chi connectivity index (χ0n) is 19.4. The summed E-state index contributed by atoms with van der Waals surface area (Å²) >= 11 is 0. The third kappa shape index (κ3) is 5.79. The average Bonchev–Trinajstić information content (AvgIpc) is 3.03. The van der Waals surface area contributed by atoms with E-state index < -0.39 is 47.7 Å². The molecule has 1 aliphatic heterocycles. The summed E-state index contributed by atoms with van der Waals surface area (Å²) in [5, 5.41) is 11.0. The Bertz CT molecular complexity index is 1740. The number of fused-ring (bicyclic) bond motifs is 1. The van der Waals surface area contributed by atoms with Gasteiger partial charge in [-0.2, -0.15) is 16.8 Å². The van der Waals surface area contributed by atoms with Gasteiger partial charge in [-0.25, -0.2) is 17.4 Å². The Morgan fingerprint density at radius 3 is 2.35 bits per heavy atom. The maximum Gasteiger partial charge on any atom is 0.326 e. The summed E-state index contributed by atoms with van der Waals surface area (Å²) in [4.78, 5) is 10.9. The summed E-state index contributed by atoms with van der Waals surface area (Å²) < 4.78 is 87.4. The highest BCUT2D eigenvalue weighted by Gasteiger charge is 2.35. The lowest BCUT2D eigenvalue weighted by Gasteiger charge is -2.18. The normalized spacial score (nSPS) is 15.6. The maximum absolute atomic E-state index is 12.3. The number of rotatable bonds is 8. The number of phenols is 1. The van der Waals surface area contributed by atoms with Crippen molar-refractivity contribution in [2.24, 2.45) is 0 Å². The molecule has 3 aromatic carbocycles. The van der Waals surface area contributed by atoms with Crippen molar-refractivity contribution in [1.82, 2.24) is 4.72 Å². The van der Waals surface area contributed by atoms with Crippen LogP contribution in [0.25, 0.3) is 10.8 Å². The van der Waals surface area contributed by atoms with E-state index in [1.807, 2.05) is 4.72 Å². The maximum atomic E-state index is 12.3. The van der Waals surface area contributed by atoms with Crippen molar-refractivity contribution in [1.29, 1.82) is 0 Å². The molecule has 1 amide bonds. The minimum absolute atomic E-state index is 0.0611. The fourth-order valence-electron chi connectivity index (χ4n) is 4.21. The van der Waals surface area contributed by atoms with Gasteiger partial charge in [0.1, 0.15) is 17.2 Å². The van der Waals surface area contributed by atoms with E-state index in [1.165, 1.54) is 18.2 Å². The van der Waals surface area contributed by atoms with Crippen molar-refractivity contribution in [3.8, 4) is 5.75 Å². The number of aromatic hydroxyl groups is 1. The lowest BCUT2D eigenvalue weighted by Crippen LogP contribution is -2.29. The first-order valence-electron chi connectivity index (χ1n) is 10.8. The van der Waals surface area contributed by atoms with E-state index in [-0.39, 0.29) is 28.9 Å². The summed E-state index contributed by atoms with van der Waals surface area (Å²) in [6.07, 6.45) is 1.80. The molecule has 0 saturated carbocycles. The molecule has 1 aliphatic rings. The molecule has 4 rings (SSSR count). The van der Waals surface area contributed by atoms with Gasteiger partial charge in [0.15, 0.2) is 0 Å². The number of hydrogen-bond donors (Lipinski definition) is 4. The number of nitrogens with zero attached hydrogens (tertiary/aromatic N) is 1. The average molecular weight is 570 g/mol. The largest absolute Gasteiger partial charge is 0.506 e. The predicted octanol–water partition coefficient (Wildman–Crippen LogP) is 1.52. The van der Waals surface area contributed by atoms with Crippen molar-refractivity contribution in [2.45, 2.75) is 24.2 Å². The number of hydrogen-bond acceptors (Lipinski definition) is 8. The molecule has 4 N–H and O–H groups in total. The number of amides is 1. The number of carbonyl (C=O) groups is 1. The van der Waals surface area contributed by atoms with E-state index in [9.17, 15) is 39.7 Å². The summed E-state index contributed by atoms with van der Waals surface area (Å²) in [7, 11) is -12.8. The van der Waals surface area contributed by atoms with E-state index in [1.54, 1.807) is 30.3 Å². The second-order valence-electron chi connectivity index (χ2n) is 8.52. The van der Waals surface area contributed by atoms with Crippen molar-refractivity contribution >= 4 is 58.4 Å². The molecule has 0 radical (unpaired) electrons. The van der Waals surface area contributed by atoms with Crippen LogP contribution in [0.4, 0.5) is 11.4 Å². The van der Waals surface area contributed by atoms with Gasteiger partial charge in [-0.3, -0.25) is 14.1 Å². The number of aryl methyl sites for hydroxylation is 2. The summed E-state index contributed by atoms with van der Waals surface area (Å²) in [5.74, 6) is -1.07. The molecule has 12 nitrogen and oxygen atoms in total. The molecule has 3 aromatic rings. The first kappa shape index (κ1) is 26.7. The standard InChI is InChI=1S/C22H23N3O9S3/c1-35(28,29)24-21-16(12-15-6-2-3-8-17(15)22(21)36(30,31)32)7-4-5-14-9-10-18(19(26)11-14)25-13-20(27)23-37(25,33)34/h2-3,6,8-12,24,26H,4-5,7,13H2,1H3,(H,23,27)(H,30,31,32). The van der Waals surface area contributed by atoms with Crippen LogP contribution >= 0.6 is 0 Å². The van der Waals surface area contributed by atoms with E-state index in [4.69, 9.17) is 0 Å². The van der Waals surface area contributed by atoms with Crippen LogP contribution in [0.1, 0.15) is 17.5 Å². The number of anilines is 2. The SMILES string of the molecule is CS(=O)(=O)Nc1c(CCCc2ccc(N3CC(=O)NS3(=O)=O)c(O)c2)cc2ccccc2c1S(=O)(=O)O. The van der Waals surface area contributed by atoms with Crippen molar-refractivity contribution in [3.63, 3.8) is 0 Å². The fraction of sp³-hybridized carbons (Fsp3) is 0.227. The molecule has 198 valence electrons. The van der Waals surface area contributed by atoms with Crippen LogP contribution < -0.4 is 13.7 Å². The molecule has 0 unspecified atom stereocenters. The second-order valence-corrected chi connectivity index (χ2v) is 13.2. The van der Waals surface area contributed by atoms with Gasteiger partial charge in [-0.15, -0.1) is 0 Å². The zero-order valence-corrected chi connectivity index (χ0v) is 21.8. The minimum atomic E-state index is -4.81. The number of phenolic OH excluding ortho intramolecular Hbond substituents is 1. The summed E-state index contributed by atoms with van der Waals surface area (Å²) in [6.45, 7) is -0.455. The Morgan fingerprint density at radius 2 is 1.76 bits per heavy atom. The highest BCUT2D eigenvalue weighted by Crippen LogP contribution is 2.36. The molecular weight excluding hydrogens is 546 g/mol. The zero-order chi connectivity index (χ0) is 27.2. The van der Waals surface area contributed by atoms with Crippen LogP contribution in [0, 0.1) is 0 Å². The van der Waals surface area contributed by atoms with Gasteiger partial charge in [0.2, 0.25) is 10.0 Å². The predicted molar refractivity (Wildman–Crippen MR) is 137 cm³/mol. The summed E-state index contributed by atoms with van der Waals surface area (Å²) in [6, 6.07) is 12.3. The molecule has 0 aromatic heterocycles. The number of benzene rings is 3. The van der Waals surface area contributed by atoms with E-state index in [2.05, 4.69) is 4.72 Å². The Hall–Kier alpha value is -3.40. The fourth-order valence-corrected chi connectivity index (χ4v) is 6.95. The number of nitrogens with one attached hydrogen (secondary N) is 2. The van der Waals surface area contributed by atoms with E-state index in [0.717, 1.165) is 10.6 Å². The number of sulfonamides is 1. The third-order valence-electron chi connectivity index (χ3n) is 5.67. The lowest BCUT2D eigenvalue weighted by atomic mass is 9.99. The molecule has 0 aliphatic carbocycles. The molecule has 0 atom stereocenters. The van der Waals surface area contributed by atoms with Crippen molar-refractivity contribution in [3.05, 3.63) is 59.7 Å². The van der Waals surface area contributed by atoms with Gasteiger partial charge in [-0.1, -0.05) is 30.3 Å². The summed E-state index contributed by atoms with van der Waals surface area (Å²) in [5.41, 5.74) is 0.656. The van der Waals surface area contributed by atoms with Crippen LogP contribution in [0.5, 0.6) is 5.75 Å². The van der Waals surface area contributed by atoms with Gasteiger partial charge in [0.05, 0.1) is 17.6 Å². The minimum Gasteiger partial charge on any atom is -0.506 e. The van der Waals surface area contributed by atoms with Crippen molar-refractivity contribution in [2.75, 3.05) is 21.8 Å².